The van der Waals surface area contributed by atoms with Crippen molar-refractivity contribution >= 4 is 11.9 Å². The monoisotopic (exact) mass is 302 g/mol. The first kappa shape index (κ1) is 15.8. The van der Waals surface area contributed by atoms with Crippen LogP contribution in [-0.2, 0) is 22.7 Å². The van der Waals surface area contributed by atoms with Crippen LogP contribution in [0, 0.1) is 0 Å². The molecule has 0 fully saturated rings. The van der Waals surface area contributed by atoms with Crippen LogP contribution in [0.5, 0.6) is 0 Å². The Morgan fingerprint density at radius 3 is 2.40 bits per heavy atom. The predicted octanol–water partition coefficient (Wildman–Crippen LogP) is 0.176. The lowest BCUT2D eigenvalue weighted by Gasteiger charge is -2.18. The molecule has 1 aromatic heterocycles. The van der Waals surface area contributed by atoms with Gasteiger partial charge >= 0.3 is 24.0 Å². The Balaban J connectivity index is 2.61. The first-order chi connectivity index (χ1) is 9.04. The summed E-state index contributed by atoms with van der Waals surface area (Å²) in [5.41, 5.74) is -0.169. The average Bonchev–Trinajstić information content (AvgIpc) is 2.71. The van der Waals surface area contributed by atoms with Gasteiger partial charge in [0, 0.05) is 0 Å². The van der Waals surface area contributed by atoms with Gasteiger partial charge in [0.1, 0.15) is 12.2 Å². The summed E-state index contributed by atoms with van der Waals surface area (Å²) in [6.07, 6.45) is -5.02. The van der Waals surface area contributed by atoms with Crippen LogP contribution >= 0.6 is 0 Å². The molecule has 7 nitrogen and oxygen atoms in total. The van der Waals surface area contributed by atoms with Crippen molar-refractivity contribution in [1.82, 2.24) is 20.3 Å². The molecule has 0 unspecified atom stereocenters. The maximum Gasteiger partial charge on any atom is 0.463 e. The van der Waals surface area contributed by atoms with Crippen molar-refractivity contribution < 1.29 is 36.6 Å². The molecule has 1 aromatic rings. The molecular weight excluding hydrogens is 295 g/mol. The lowest BCUT2D eigenvalue weighted by atomic mass is 10.3. The van der Waals surface area contributed by atoms with E-state index in [1.165, 1.54) is 5.32 Å². The zero-order chi connectivity index (χ0) is 15.6. The number of amides is 1. The highest BCUT2D eigenvalue weighted by atomic mass is 19.4. The molecule has 1 amide bonds. The third-order valence-electron chi connectivity index (χ3n) is 1.95. The van der Waals surface area contributed by atoms with E-state index in [-0.39, 0.29) is 5.69 Å². The number of hydrogen-bond donors (Lipinski definition) is 2. The van der Waals surface area contributed by atoms with Gasteiger partial charge in [-0.25, -0.2) is 4.68 Å². The highest BCUT2D eigenvalue weighted by molar-refractivity contribution is 5.84. The second kappa shape index (κ2) is 5.38. The third-order valence-corrected chi connectivity index (χ3v) is 1.95. The molecule has 112 valence electrons. The van der Waals surface area contributed by atoms with Crippen molar-refractivity contribution in [2.24, 2.45) is 0 Å². The largest absolute Gasteiger partial charge is 0.480 e. The lowest BCUT2D eigenvalue weighted by Crippen LogP contribution is -2.50. The summed E-state index contributed by atoms with van der Waals surface area (Å²) in [5.74, 6) is -9.31. The van der Waals surface area contributed by atoms with Crippen LogP contribution in [-0.4, -0.2) is 44.1 Å². The highest BCUT2D eigenvalue weighted by Gasteiger charge is 2.63. The number of aromatic nitrogens is 3. The Morgan fingerprint density at radius 1 is 1.30 bits per heavy atom. The maximum absolute atomic E-state index is 12.5. The molecule has 0 aliphatic rings. The van der Waals surface area contributed by atoms with Gasteiger partial charge < -0.3 is 10.4 Å². The molecular formula is C8H7F5N4O3. The van der Waals surface area contributed by atoms with E-state index in [0.29, 0.717) is 0 Å². The molecule has 0 spiro atoms. The number of nitrogens with zero attached hydrogens (tertiary/aromatic N) is 3. The Labute approximate surface area is 107 Å². The average molecular weight is 302 g/mol. The van der Waals surface area contributed by atoms with Crippen molar-refractivity contribution in [2.75, 3.05) is 0 Å². The zero-order valence-corrected chi connectivity index (χ0v) is 9.49. The number of aliphatic carboxylic acids is 1. The number of rotatable bonds is 5. The van der Waals surface area contributed by atoms with E-state index in [2.05, 4.69) is 10.3 Å². The van der Waals surface area contributed by atoms with E-state index < -0.39 is 37.1 Å². The van der Waals surface area contributed by atoms with Gasteiger partial charge in [0.2, 0.25) is 0 Å². The van der Waals surface area contributed by atoms with Crippen molar-refractivity contribution in [3.05, 3.63) is 11.9 Å². The summed E-state index contributed by atoms with van der Waals surface area (Å²) >= 11 is 0. The predicted molar refractivity (Wildman–Crippen MR) is 50.5 cm³/mol. The summed E-state index contributed by atoms with van der Waals surface area (Å²) in [5, 5.41) is 16.3. The van der Waals surface area contributed by atoms with Gasteiger partial charge in [-0.05, 0) is 0 Å². The number of hydrogen-bond acceptors (Lipinski definition) is 4. The number of carboxylic acids is 1. The van der Waals surface area contributed by atoms with Gasteiger partial charge in [0.15, 0.2) is 0 Å². The van der Waals surface area contributed by atoms with E-state index in [1.807, 2.05) is 0 Å². The van der Waals surface area contributed by atoms with E-state index in [4.69, 9.17) is 5.11 Å². The van der Waals surface area contributed by atoms with Crippen LogP contribution in [0.15, 0.2) is 6.20 Å². The fraction of sp³-hybridized carbons (Fsp3) is 0.500. The maximum atomic E-state index is 12.5. The van der Waals surface area contributed by atoms with Gasteiger partial charge in [-0.2, -0.15) is 22.0 Å². The molecule has 1 heterocycles. The first-order valence-electron chi connectivity index (χ1n) is 4.87. The normalized spacial score (nSPS) is 12.2. The van der Waals surface area contributed by atoms with Crippen LogP contribution in [0.3, 0.4) is 0 Å². The van der Waals surface area contributed by atoms with E-state index in [9.17, 15) is 31.5 Å². The first-order valence-corrected chi connectivity index (χ1v) is 4.87. The zero-order valence-electron chi connectivity index (χ0n) is 9.49. The molecule has 0 radical (unpaired) electrons. The molecule has 0 atom stereocenters. The minimum absolute atomic E-state index is 0.169. The molecule has 0 aliphatic carbocycles. The van der Waals surface area contributed by atoms with Crippen LogP contribution < -0.4 is 5.32 Å². The topological polar surface area (TPSA) is 97.1 Å². The molecule has 20 heavy (non-hydrogen) atoms. The molecule has 0 saturated heterocycles. The summed E-state index contributed by atoms with van der Waals surface area (Å²) in [4.78, 5) is 21.0. The highest BCUT2D eigenvalue weighted by Crippen LogP contribution is 2.35. The van der Waals surface area contributed by atoms with Crippen molar-refractivity contribution in [3.8, 4) is 0 Å². The van der Waals surface area contributed by atoms with Crippen LogP contribution in [0.2, 0.25) is 0 Å². The van der Waals surface area contributed by atoms with E-state index in [1.54, 1.807) is 0 Å². The van der Waals surface area contributed by atoms with Gasteiger partial charge in [-0.1, -0.05) is 5.21 Å². The quantitative estimate of drug-likeness (QED) is 0.756. The number of alkyl halides is 5. The summed E-state index contributed by atoms with van der Waals surface area (Å²) < 4.78 is 61.5. The minimum atomic E-state index is -6.00. The Hall–Kier alpha value is -2.27. The molecule has 0 saturated carbocycles. The second-order valence-corrected chi connectivity index (χ2v) is 3.56. The molecule has 0 aromatic carbocycles. The van der Waals surface area contributed by atoms with E-state index in [0.717, 1.165) is 10.9 Å². The van der Waals surface area contributed by atoms with Crippen LogP contribution in [0.4, 0.5) is 22.0 Å². The SMILES string of the molecule is O=C(O)Cn1cc(CNC(=O)C(F)(F)C(F)(F)F)nn1. The lowest BCUT2D eigenvalue weighted by molar-refractivity contribution is -0.269. The molecule has 0 aliphatic heterocycles. The molecule has 1 rings (SSSR count). The second-order valence-electron chi connectivity index (χ2n) is 3.56. The molecule has 12 heteroatoms. The van der Waals surface area contributed by atoms with Crippen molar-refractivity contribution in [1.29, 1.82) is 0 Å². The Bertz CT molecular complexity index is 512. The number of nitrogens with one attached hydrogen (secondary N) is 1. The minimum Gasteiger partial charge on any atom is -0.480 e. The number of carbonyl (C=O) groups excluding carboxylic acids is 1. The van der Waals surface area contributed by atoms with Gasteiger partial charge in [-0.3, -0.25) is 9.59 Å². The van der Waals surface area contributed by atoms with Crippen LogP contribution in [0.1, 0.15) is 5.69 Å². The van der Waals surface area contributed by atoms with Gasteiger partial charge in [0.05, 0.1) is 12.7 Å². The fourth-order valence-corrected chi connectivity index (χ4v) is 1.05. The standard InChI is InChI=1S/C8H7F5N4O3/c9-7(10,8(11,12)13)6(20)14-1-4-2-17(16-15-4)3-5(18)19/h2H,1,3H2,(H,14,20)(H,18,19). The number of halogens is 5. The third kappa shape index (κ3) is 3.61. The van der Waals surface area contributed by atoms with Crippen molar-refractivity contribution in [3.63, 3.8) is 0 Å². The van der Waals surface area contributed by atoms with Gasteiger partial charge in [0.25, 0.3) is 0 Å². The summed E-state index contributed by atoms with van der Waals surface area (Å²) in [7, 11) is 0. The summed E-state index contributed by atoms with van der Waals surface area (Å²) in [6.45, 7) is -1.32. The van der Waals surface area contributed by atoms with Crippen LogP contribution in [0.25, 0.3) is 0 Å². The number of carboxylic acid groups (broad SMARTS) is 1. The molecule has 2 N–H and O–H groups in total. The molecule has 0 bridgehead atoms. The smallest absolute Gasteiger partial charge is 0.463 e. The Morgan fingerprint density at radius 2 is 1.90 bits per heavy atom. The fourth-order valence-electron chi connectivity index (χ4n) is 1.05. The van der Waals surface area contributed by atoms with Crippen molar-refractivity contribution in [2.45, 2.75) is 25.2 Å². The van der Waals surface area contributed by atoms with E-state index >= 15 is 0 Å². The summed E-state index contributed by atoms with van der Waals surface area (Å²) in [6, 6.07) is 0. The number of carbonyl (C=O) groups is 2. The van der Waals surface area contributed by atoms with Gasteiger partial charge in [-0.15, -0.1) is 5.10 Å². The Kier molecular flexibility index (Phi) is 4.25.